The Morgan fingerprint density at radius 3 is 3.18 bits per heavy atom. The van der Waals surface area contributed by atoms with Crippen molar-refractivity contribution in [2.45, 2.75) is 13.0 Å². The number of hydrogen-bond acceptors (Lipinski definition) is 3. The Morgan fingerprint density at radius 1 is 1.82 bits per heavy atom. The Balaban J connectivity index is 2.37. The van der Waals surface area contributed by atoms with E-state index in [1.165, 1.54) is 0 Å². The standard InChI is InChI=1S/C8H11NO2/c1-7(10)5-9-6-8-3-2-4-11-8/h2-4,6-7,10H,5H2,1H3. The Hall–Kier alpha value is -1.09. The molecule has 1 heterocycles. The molecular weight excluding hydrogens is 142 g/mol. The zero-order valence-electron chi connectivity index (χ0n) is 6.40. The lowest BCUT2D eigenvalue weighted by atomic mass is 10.4. The van der Waals surface area contributed by atoms with Gasteiger partial charge in [0.15, 0.2) is 0 Å². The largest absolute Gasteiger partial charge is 0.463 e. The van der Waals surface area contributed by atoms with Gasteiger partial charge in [0.05, 0.1) is 25.1 Å². The predicted molar refractivity (Wildman–Crippen MR) is 42.8 cm³/mol. The van der Waals surface area contributed by atoms with Crippen LogP contribution in [0.2, 0.25) is 0 Å². The van der Waals surface area contributed by atoms with Crippen LogP contribution in [0, 0.1) is 0 Å². The average Bonchev–Trinajstić information content (AvgIpc) is 2.39. The van der Waals surface area contributed by atoms with Gasteiger partial charge in [0.1, 0.15) is 5.76 Å². The van der Waals surface area contributed by atoms with Crippen LogP contribution in [-0.2, 0) is 0 Å². The number of aliphatic hydroxyl groups is 1. The summed E-state index contributed by atoms with van der Waals surface area (Å²) in [7, 11) is 0. The van der Waals surface area contributed by atoms with Gasteiger partial charge in [0.25, 0.3) is 0 Å². The van der Waals surface area contributed by atoms with Crippen molar-refractivity contribution in [3.8, 4) is 0 Å². The van der Waals surface area contributed by atoms with Gasteiger partial charge in [-0.2, -0.15) is 0 Å². The van der Waals surface area contributed by atoms with Crippen LogP contribution in [0.4, 0.5) is 0 Å². The third-order valence-corrected chi connectivity index (χ3v) is 1.13. The van der Waals surface area contributed by atoms with E-state index in [1.807, 2.05) is 6.07 Å². The van der Waals surface area contributed by atoms with Crippen LogP contribution in [0.5, 0.6) is 0 Å². The molecule has 1 unspecified atom stereocenters. The molecule has 1 aromatic rings. The molecule has 1 rings (SSSR count). The fraction of sp³-hybridized carbons (Fsp3) is 0.375. The lowest BCUT2D eigenvalue weighted by molar-refractivity contribution is 0.204. The Labute approximate surface area is 65.4 Å². The average molecular weight is 153 g/mol. The van der Waals surface area contributed by atoms with E-state index in [1.54, 1.807) is 25.5 Å². The first-order valence-corrected chi connectivity index (χ1v) is 3.50. The summed E-state index contributed by atoms with van der Waals surface area (Å²) >= 11 is 0. The van der Waals surface area contributed by atoms with E-state index in [0.717, 1.165) is 0 Å². The van der Waals surface area contributed by atoms with Crippen LogP contribution in [0.1, 0.15) is 12.7 Å². The van der Waals surface area contributed by atoms with Crippen LogP contribution >= 0.6 is 0 Å². The molecule has 3 heteroatoms. The first-order valence-electron chi connectivity index (χ1n) is 3.50. The molecule has 0 aliphatic carbocycles. The zero-order chi connectivity index (χ0) is 8.10. The molecule has 1 N–H and O–H groups in total. The van der Waals surface area contributed by atoms with Crippen LogP contribution < -0.4 is 0 Å². The summed E-state index contributed by atoms with van der Waals surface area (Å²) in [5.41, 5.74) is 0. The van der Waals surface area contributed by atoms with Crippen LogP contribution in [0.3, 0.4) is 0 Å². The van der Waals surface area contributed by atoms with Gasteiger partial charge in [0, 0.05) is 0 Å². The fourth-order valence-electron chi connectivity index (χ4n) is 0.660. The first kappa shape index (κ1) is 8.01. The third-order valence-electron chi connectivity index (χ3n) is 1.13. The molecule has 0 saturated carbocycles. The molecular formula is C8H11NO2. The first-order chi connectivity index (χ1) is 5.29. The van der Waals surface area contributed by atoms with Crippen LogP contribution in [0.25, 0.3) is 0 Å². The molecule has 1 atom stereocenters. The molecule has 60 valence electrons. The number of hydrogen-bond donors (Lipinski definition) is 1. The van der Waals surface area contributed by atoms with Crippen molar-refractivity contribution in [2.75, 3.05) is 6.54 Å². The number of aliphatic hydroxyl groups excluding tert-OH is 1. The van der Waals surface area contributed by atoms with Crippen molar-refractivity contribution < 1.29 is 9.52 Å². The highest BCUT2D eigenvalue weighted by Crippen LogP contribution is 1.95. The minimum Gasteiger partial charge on any atom is -0.463 e. The molecule has 0 spiro atoms. The van der Waals surface area contributed by atoms with Crippen molar-refractivity contribution in [3.05, 3.63) is 24.2 Å². The normalized spacial score (nSPS) is 14.0. The molecule has 0 radical (unpaired) electrons. The fourth-order valence-corrected chi connectivity index (χ4v) is 0.660. The lowest BCUT2D eigenvalue weighted by Gasteiger charge is -1.94. The topological polar surface area (TPSA) is 45.7 Å². The number of furan rings is 1. The van der Waals surface area contributed by atoms with E-state index in [0.29, 0.717) is 12.3 Å². The van der Waals surface area contributed by atoms with Crippen molar-refractivity contribution in [1.82, 2.24) is 0 Å². The maximum Gasteiger partial charge on any atom is 0.144 e. The van der Waals surface area contributed by atoms with Gasteiger partial charge in [-0.1, -0.05) is 0 Å². The molecule has 0 aliphatic rings. The summed E-state index contributed by atoms with van der Waals surface area (Å²) in [5, 5.41) is 8.84. The second-order valence-corrected chi connectivity index (χ2v) is 2.36. The van der Waals surface area contributed by atoms with Gasteiger partial charge in [-0.05, 0) is 19.1 Å². The monoisotopic (exact) mass is 153 g/mol. The second-order valence-electron chi connectivity index (χ2n) is 2.36. The van der Waals surface area contributed by atoms with Gasteiger partial charge < -0.3 is 9.52 Å². The predicted octanol–water partition coefficient (Wildman–Crippen LogP) is 1.08. The minimum atomic E-state index is -0.388. The van der Waals surface area contributed by atoms with Gasteiger partial charge in [0.2, 0.25) is 0 Å². The Kier molecular flexibility index (Phi) is 2.86. The van der Waals surface area contributed by atoms with Gasteiger partial charge in [-0.15, -0.1) is 0 Å². The minimum absolute atomic E-state index is 0.388. The van der Waals surface area contributed by atoms with Crippen LogP contribution in [-0.4, -0.2) is 24.0 Å². The van der Waals surface area contributed by atoms with Gasteiger partial charge >= 0.3 is 0 Å². The molecule has 0 bridgehead atoms. The molecule has 0 saturated heterocycles. The third kappa shape index (κ3) is 3.00. The highest BCUT2D eigenvalue weighted by molar-refractivity contribution is 5.75. The maximum absolute atomic E-state index is 8.84. The molecule has 0 aliphatic heterocycles. The Morgan fingerprint density at radius 2 is 2.64 bits per heavy atom. The summed E-state index contributed by atoms with van der Waals surface area (Å²) in [6.07, 6.45) is 2.80. The second kappa shape index (κ2) is 3.93. The maximum atomic E-state index is 8.84. The molecule has 11 heavy (non-hydrogen) atoms. The lowest BCUT2D eigenvalue weighted by Crippen LogP contribution is -2.03. The molecule has 3 nitrogen and oxygen atoms in total. The quantitative estimate of drug-likeness (QED) is 0.660. The summed E-state index contributed by atoms with van der Waals surface area (Å²) in [6, 6.07) is 3.61. The molecule has 0 fully saturated rings. The van der Waals surface area contributed by atoms with Gasteiger partial charge in [-0.25, -0.2) is 0 Å². The summed E-state index contributed by atoms with van der Waals surface area (Å²) in [5.74, 6) is 0.714. The molecule has 0 amide bonds. The van der Waals surface area contributed by atoms with Crippen molar-refractivity contribution in [3.63, 3.8) is 0 Å². The van der Waals surface area contributed by atoms with E-state index in [4.69, 9.17) is 9.52 Å². The van der Waals surface area contributed by atoms with E-state index < -0.39 is 0 Å². The van der Waals surface area contributed by atoms with E-state index in [-0.39, 0.29) is 6.10 Å². The summed E-state index contributed by atoms with van der Waals surface area (Å²) < 4.78 is 4.98. The summed E-state index contributed by atoms with van der Waals surface area (Å²) in [4.78, 5) is 3.94. The van der Waals surface area contributed by atoms with E-state index in [9.17, 15) is 0 Å². The molecule has 1 aromatic heterocycles. The number of aliphatic imine (C=N–C) groups is 1. The van der Waals surface area contributed by atoms with E-state index >= 15 is 0 Å². The number of rotatable bonds is 3. The smallest absolute Gasteiger partial charge is 0.144 e. The van der Waals surface area contributed by atoms with Crippen molar-refractivity contribution in [2.24, 2.45) is 4.99 Å². The number of nitrogens with zero attached hydrogens (tertiary/aromatic N) is 1. The van der Waals surface area contributed by atoms with Crippen molar-refractivity contribution >= 4 is 6.21 Å². The van der Waals surface area contributed by atoms with Crippen LogP contribution in [0.15, 0.2) is 27.8 Å². The Bertz CT molecular complexity index is 214. The highest BCUT2D eigenvalue weighted by Gasteiger charge is 1.91. The summed E-state index contributed by atoms with van der Waals surface area (Å²) in [6.45, 7) is 2.11. The SMILES string of the molecule is CC(O)CN=Cc1ccco1. The highest BCUT2D eigenvalue weighted by atomic mass is 16.3. The van der Waals surface area contributed by atoms with Gasteiger partial charge in [-0.3, -0.25) is 4.99 Å². The molecule has 0 aromatic carbocycles. The van der Waals surface area contributed by atoms with E-state index in [2.05, 4.69) is 4.99 Å². The van der Waals surface area contributed by atoms with Crippen molar-refractivity contribution in [1.29, 1.82) is 0 Å². The zero-order valence-corrected chi connectivity index (χ0v) is 6.40.